The zero-order valence-corrected chi connectivity index (χ0v) is 18.4. The number of hydrogen-bond donors (Lipinski definition) is 1. The number of furan rings is 1. The topological polar surface area (TPSA) is 94.7 Å². The van der Waals surface area contributed by atoms with E-state index in [0.29, 0.717) is 28.9 Å². The van der Waals surface area contributed by atoms with Gasteiger partial charge >= 0.3 is 0 Å². The number of carbonyl (C=O) groups excluding carboxylic acids is 1. The number of aromatic nitrogens is 3. The Morgan fingerprint density at radius 3 is 2.68 bits per heavy atom. The maximum atomic E-state index is 12.5. The summed E-state index contributed by atoms with van der Waals surface area (Å²) in [5.41, 5.74) is 0.637. The number of methoxy groups -OCH3 is 2. The van der Waals surface area contributed by atoms with E-state index < -0.39 is 0 Å². The molecule has 4 rings (SSSR count). The van der Waals surface area contributed by atoms with Crippen molar-refractivity contribution in [3.8, 4) is 11.5 Å². The quantitative estimate of drug-likeness (QED) is 0.504. The molecule has 0 unspecified atom stereocenters. The second kappa shape index (κ2) is 9.78. The highest BCUT2D eigenvalue weighted by molar-refractivity contribution is 7.99. The summed E-state index contributed by atoms with van der Waals surface area (Å²) < 4.78 is 18.1. The van der Waals surface area contributed by atoms with Gasteiger partial charge in [0.15, 0.2) is 16.7 Å². The lowest BCUT2D eigenvalue weighted by molar-refractivity contribution is -0.113. The molecule has 2 aromatic heterocycles. The van der Waals surface area contributed by atoms with E-state index in [1.54, 1.807) is 38.7 Å². The van der Waals surface area contributed by atoms with Crippen LogP contribution in [0.5, 0.6) is 11.5 Å². The molecule has 1 amide bonds. The zero-order valence-electron chi connectivity index (χ0n) is 17.5. The number of ether oxygens (including phenoxy) is 2. The third-order valence-corrected chi connectivity index (χ3v) is 5.95. The van der Waals surface area contributed by atoms with Crippen molar-refractivity contribution in [1.82, 2.24) is 14.8 Å². The Morgan fingerprint density at radius 1 is 1.16 bits per heavy atom. The lowest BCUT2D eigenvalue weighted by Gasteiger charge is -2.17. The summed E-state index contributed by atoms with van der Waals surface area (Å²) in [5, 5.41) is 12.3. The van der Waals surface area contributed by atoms with Crippen LogP contribution in [0.3, 0.4) is 0 Å². The Labute approximate surface area is 184 Å². The van der Waals surface area contributed by atoms with Gasteiger partial charge in [-0.2, -0.15) is 0 Å². The van der Waals surface area contributed by atoms with Crippen molar-refractivity contribution >= 4 is 29.3 Å². The van der Waals surface area contributed by atoms with Crippen LogP contribution < -0.4 is 19.7 Å². The normalized spacial score (nSPS) is 13.4. The standard InChI is InChI=1S/C21H25N5O4S/c1-28-17-8-7-15(12-18(17)29-2)22-19(27)14-31-21-24-23-20(25-9-3-4-10-25)26(21)13-16-6-5-11-30-16/h5-8,11-12H,3-4,9-10,13-14H2,1-2H3,(H,22,27). The lowest BCUT2D eigenvalue weighted by atomic mass is 10.2. The fraction of sp³-hybridized carbons (Fsp3) is 0.381. The first-order valence-corrected chi connectivity index (χ1v) is 11.0. The van der Waals surface area contributed by atoms with Crippen LogP contribution in [0.15, 0.2) is 46.2 Å². The Morgan fingerprint density at radius 2 is 1.97 bits per heavy atom. The van der Waals surface area contributed by atoms with Gasteiger partial charge in [-0.3, -0.25) is 9.36 Å². The number of carbonyl (C=O) groups is 1. The molecular weight excluding hydrogens is 418 g/mol. The molecule has 3 aromatic rings. The molecule has 10 heteroatoms. The minimum Gasteiger partial charge on any atom is -0.493 e. The molecule has 9 nitrogen and oxygen atoms in total. The lowest BCUT2D eigenvalue weighted by Crippen LogP contribution is -2.22. The Kier molecular flexibility index (Phi) is 6.66. The van der Waals surface area contributed by atoms with Crippen LogP contribution in [-0.2, 0) is 11.3 Å². The van der Waals surface area contributed by atoms with Crippen LogP contribution in [0, 0.1) is 0 Å². The van der Waals surface area contributed by atoms with Crippen molar-refractivity contribution in [2.45, 2.75) is 24.5 Å². The molecule has 0 radical (unpaired) electrons. The molecular formula is C21H25N5O4S. The SMILES string of the molecule is COc1ccc(NC(=O)CSc2nnc(N3CCCC3)n2Cc2ccco2)cc1OC. The van der Waals surface area contributed by atoms with Gasteiger partial charge in [0, 0.05) is 24.8 Å². The number of benzene rings is 1. The molecule has 1 N–H and O–H groups in total. The van der Waals surface area contributed by atoms with E-state index in [1.807, 2.05) is 16.7 Å². The summed E-state index contributed by atoms with van der Waals surface area (Å²) in [5.74, 6) is 2.85. The van der Waals surface area contributed by atoms with Crippen molar-refractivity contribution in [2.24, 2.45) is 0 Å². The van der Waals surface area contributed by atoms with Crippen molar-refractivity contribution in [2.75, 3.05) is 43.3 Å². The van der Waals surface area contributed by atoms with Gasteiger partial charge in [-0.25, -0.2) is 0 Å². The van der Waals surface area contributed by atoms with Crippen molar-refractivity contribution in [3.05, 3.63) is 42.4 Å². The summed E-state index contributed by atoms with van der Waals surface area (Å²) in [6, 6.07) is 9.04. The number of thioether (sulfide) groups is 1. The Bertz CT molecular complexity index is 1010. The van der Waals surface area contributed by atoms with Gasteiger partial charge in [-0.15, -0.1) is 10.2 Å². The number of rotatable bonds is 9. The van der Waals surface area contributed by atoms with Gasteiger partial charge in [0.25, 0.3) is 0 Å². The molecule has 0 aliphatic carbocycles. The maximum absolute atomic E-state index is 12.5. The molecule has 1 fully saturated rings. The van der Waals surface area contributed by atoms with Gasteiger partial charge in [0.2, 0.25) is 11.9 Å². The predicted octanol–water partition coefficient (Wildman–Crippen LogP) is 3.27. The van der Waals surface area contributed by atoms with Crippen LogP contribution in [0.4, 0.5) is 11.6 Å². The number of nitrogens with zero attached hydrogens (tertiary/aromatic N) is 4. The summed E-state index contributed by atoms with van der Waals surface area (Å²) >= 11 is 1.35. The molecule has 0 spiro atoms. The summed E-state index contributed by atoms with van der Waals surface area (Å²) in [6.45, 7) is 2.44. The molecule has 0 saturated carbocycles. The van der Waals surface area contributed by atoms with E-state index in [4.69, 9.17) is 13.9 Å². The largest absolute Gasteiger partial charge is 0.493 e. The first-order valence-electron chi connectivity index (χ1n) is 10.0. The first kappa shape index (κ1) is 21.1. The molecule has 3 heterocycles. The highest BCUT2D eigenvalue weighted by Gasteiger charge is 2.22. The molecule has 1 aliphatic heterocycles. The van der Waals surface area contributed by atoms with Gasteiger partial charge in [-0.05, 0) is 37.1 Å². The monoisotopic (exact) mass is 443 g/mol. The van der Waals surface area contributed by atoms with Crippen molar-refractivity contribution in [1.29, 1.82) is 0 Å². The van der Waals surface area contributed by atoms with Crippen LogP contribution in [0.1, 0.15) is 18.6 Å². The third-order valence-electron chi connectivity index (χ3n) is 4.98. The van der Waals surface area contributed by atoms with E-state index >= 15 is 0 Å². The van der Waals surface area contributed by atoms with Gasteiger partial charge < -0.3 is 24.1 Å². The molecule has 1 aromatic carbocycles. The predicted molar refractivity (Wildman–Crippen MR) is 118 cm³/mol. The van der Waals surface area contributed by atoms with E-state index in [0.717, 1.165) is 37.6 Å². The smallest absolute Gasteiger partial charge is 0.234 e. The molecule has 1 saturated heterocycles. The second-order valence-electron chi connectivity index (χ2n) is 7.05. The third kappa shape index (κ3) is 4.96. The van der Waals surface area contributed by atoms with E-state index in [9.17, 15) is 4.79 Å². The Hall–Kier alpha value is -3.14. The average molecular weight is 444 g/mol. The summed E-state index contributed by atoms with van der Waals surface area (Å²) in [4.78, 5) is 14.8. The van der Waals surface area contributed by atoms with Gasteiger partial charge in [-0.1, -0.05) is 11.8 Å². The second-order valence-corrected chi connectivity index (χ2v) is 7.99. The molecule has 31 heavy (non-hydrogen) atoms. The highest BCUT2D eigenvalue weighted by atomic mass is 32.2. The Balaban J connectivity index is 1.44. The van der Waals surface area contributed by atoms with E-state index in [2.05, 4.69) is 20.4 Å². The first-order chi connectivity index (χ1) is 15.2. The molecule has 1 aliphatic rings. The van der Waals surface area contributed by atoms with Crippen LogP contribution in [-0.4, -0.2) is 53.7 Å². The summed E-state index contributed by atoms with van der Waals surface area (Å²) in [7, 11) is 3.13. The minimum absolute atomic E-state index is 0.146. The number of anilines is 2. The van der Waals surface area contributed by atoms with Crippen molar-refractivity contribution in [3.63, 3.8) is 0 Å². The van der Waals surface area contributed by atoms with Crippen molar-refractivity contribution < 1.29 is 18.7 Å². The fourth-order valence-electron chi connectivity index (χ4n) is 3.48. The van der Waals surface area contributed by atoms with Gasteiger partial charge in [0.1, 0.15) is 5.76 Å². The number of nitrogens with one attached hydrogen (secondary N) is 1. The fourth-order valence-corrected chi connectivity index (χ4v) is 4.21. The van der Waals surface area contributed by atoms with E-state index in [1.165, 1.54) is 11.8 Å². The molecule has 0 atom stereocenters. The van der Waals surface area contributed by atoms with Crippen LogP contribution >= 0.6 is 11.8 Å². The highest BCUT2D eigenvalue weighted by Crippen LogP contribution is 2.30. The molecule has 0 bridgehead atoms. The molecule has 164 valence electrons. The van der Waals surface area contributed by atoms with Crippen LogP contribution in [0.25, 0.3) is 0 Å². The average Bonchev–Trinajstić information content (AvgIpc) is 3.55. The van der Waals surface area contributed by atoms with Crippen LogP contribution in [0.2, 0.25) is 0 Å². The summed E-state index contributed by atoms with van der Waals surface area (Å²) in [6.07, 6.45) is 3.94. The zero-order chi connectivity index (χ0) is 21.6. The van der Waals surface area contributed by atoms with Gasteiger partial charge in [0.05, 0.1) is 32.8 Å². The minimum atomic E-state index is -0.146. The number of hydrogen-bond acceptors (Lipinski definition) is 8. The maximum Gasteiger partial charge on any atom is 0.234 e. The number of amides is 1. The van der Waals surface area contributed by atoms with E-state index in [-0.39, 0.29) is 11.7 Å².